The number of carbonyl (C=O) groups excluding carboxylic acids is 2. The molecule has 0 radical (unpaired) electrons. The highest BCUT2D eigenvalue weighted by Crippen LogP contribution is 2.38. The monoisotopic (exact) mass is 325 g/mol. The van der Waals surface area contributed by atoms with Crippen LogP contribution in [0.2, 0.25) is 0 Å². The lowest BCUT2D eigenvalue weighted by atomic mass is 9.92. The van der Waals surface area contributed by atoms with Crippen LogP contribution in [0, 0.1) is 5.92 Å². The van der Waals surface area contributed by atoms with Gasteiger partial charge in [-0.05, 0) is 29.8 Å². The van der Waals surface area contributed by atoms with Crippen LogP contribution in [0.5, 0.6) is 5.75 Å². The van der Waals surface area contributed by atoms with Gasteiger partial charge in [0.2, 0.25) is 11.8 Å². The number of nitrogens with one attached hydrogen (secondary N) is 1. The molecule has 0 spiro atoms. The number of pyridine rings is 1. The van der Waals surface area contributed by atoms with Crippen LogP contribution in [0.4, 0.5) is 5.82 Å². The minimum absolute atomic E-state index is 0.0519. The summed E-state index contributed by atoms with van der Waals surface area (Å²) in [6.45, 7) is 0. The molecule has 2 aromatic rings. The van der Waals surface area contributed by atoms with Crippen molar-refractivity contribution in [2.75, 3.05) is 19.5 Å². The molecular weight excluding hydrogens is 306 g/mol. The van der Waals surface area contributed by atoms with Crippen molar-refractivity contribution in [3.05, 3.63) is 54.2 Å². The van der Waals surface area contributed by atoms with Crippen molar-refractivity contribution in [1.29, 1.82) is 0 Å². The lowest BCUT2D eigenvalue weighted by molar-refractivity contribution is -0.128. The number of aromatic nitrogens is 1. The molecule has 1 fully saturated rings. The number of methoxy groups -OCH3 is 1. The Morgan fingerprint density at radius 3 is 2.83 bits per heavy atom. The molecule has 1 aliphatic rings. The lowest BCUT2D eigenvalue weighted by Gasteiger charge is -2.25. The lowest BCUT2D eigenvalue weighted by Crippen LogP contribution is -2.30. The predicted octanol–water partition coefficient (Wildman–Crippen LogP) is 2.25. The first-order valence-corrected chi connectivity index (χ1v) is 7.71. The maximum absolute atomic E-state index is 12.7. The highest BCUT2D eigenvalue weighted by Gasteiger charge is 2.42. The van der Waals surface area contributed by atoms with Crippen LogP contribution in [-0.2, 0) is 9.59 Å². The molecule has 3 rings (SSSR count). The largest absolute Gasteiger partial charge is 0.497 e. The van der Waals surface area contributed by atoms with E-state index in [2.05, 4.69) is 10.3 Å². The van der Waals surface area contributed by atoms with Crippen LogP contribution in [0.3, 0.4) is 0 Å². The van der Waals surface area contributed by atoms with Gasteiger partial charge in [-0.25, -0.2) is 4.98 Å². The number of hydrogen-bond acceptors (Lipinski definition) is 4. The molecule has 0 unspecified atom stereocenters. The Bertz CT molecular complexity index is 748. The van der Waals surface area contributed by atoms with Crippen molar-refractivity contribution in [2.45, 2.75) is 12.5 Å². The van der Waals surface area contributed by atoms with E-state index in [1.807, 2.05) is 24.3 Å². The standard InChI is InChI=1S/C18H19N3O3/c1-21-16(22)11-14(18(23)20-15-8-3-4-9-19-15)17(21)12-6-5-7-13(10-12)24-2/h3-10,14,17H,11H2,1-2H3,(H,19,20,23)/t14-,17-/m1/s1. The number of ether oxygens (including phenoxy) is 1. The summed E-state index contributed by atoms with van der Waals surface area (Å²) >= 11 is 0. The van der Waals surface area contributed by atoms with E-state index < -0.39 is 5.92 Å². The number of benzene rings is 1. The van der Waals surface area contributed by atoms with Gasteiger partial charge in [0.25, 0.3) is 0 Å². The van der Waals surface area contributed by atoms with Gasteiger partial charge in [0, 0.05) is 19.7 Å². The fourth-order valence-electron chi connectivity index (χ4n) is 3.04. The molecule has 1 saturated heterocycles. The number of hydrogen-bond donors (Lipinski definition) is 1. The zero-order valence-corrected chi connectivity index (χ0v) is 13.6. The molecule has 0 aliphatic carbocycles. The average Bonchev–Trinajstić information content (AvgIpc) is 2.91. The van der Waals surface area contributed by atoms with Gasteiger partial charge < -0.3 is 15.0 Å². The van der Waals surface area contributed by atoms with Gasteiger partial charge in [-0.1, -0.05) is 18.2 Å². The molecule has 2 amide bonds. The summed E-state index contributed by atoms with van der Waals surface area (Å²) in [4.78, 5) is 30.6. The van der Waals surface area contributed by atoms with Crippen molar-refractivity contribution < 1.29 is 14.3 Å². The normalized spacial score (nSPS) is 20.1. The van der Waals surface area contributed by atoms with Crippen molar-refractivity contribution >= 4 is 17.6 Å². The first-order valence-electron chi connectivity index (χ1n) is 7.71. The van der Waals surface area contributed by atoms with Crippen LogP contribution < -0.4 is 10.1 Å². The van der Waals surface area contributed by atoms with Crippen LogP contribution in [0.15, 0.2) is 48.7 Å². The third kappa shape index (κ3) is 3.08. The summed E-state index contributed by atoms with van der Waals surface area (Å²) in [5.74, 6) is 0.442. The van der Waals surface area contributed by atoms with Crippen molar-refractivity contribution in [2.24, 2.45) is 5.92 Å². The van der Waals surface area contributed by atoms with E-state index in [9.17, 15) is 9.59 Å². The van der Waals surface area contributed by atoms with E-state index >= 15 is 0 Å². The summed E-state index contributed by atoms with van der Waals surface area (Å²) in [5.41, 5.74) is 0.879. The molecule has 2 atom stereocenters. The minimum atomic E-state index is -0.475. The Hall–Kier alpha value is -2.89. The molecule has 6 heteroatoms. The van der Waals surface area contributed by atoms with Gasteiger partial charge in [-0.15, -0.1) is 0 Å². The Labute approximate surface area is 140 Å². The minimum Gasteiger partial charge on any atom is -0.497 e. The van der Waals surface area contributed by atoms with Crippen LogP contribution in [0.25, 0.3) is 0 Å². The second-order valence-corrected chi connectivity index (χ2v) is 5.74. The molecule has 1 aromatic heterocycles. The Morgan fingerprint density at radius 2 is 2.12 bits per heavy atom. The summed E-state index contributed by atoms with van der Waals surface area (Å²) in [6, 6.07) is 12.4. The molecule has 24 heavy (non-hydrogen) atoms. The van der Waals surface area contributed by atoms with E-state index in [4.69, 9.17) is 4.74 Å². The van der Waals surface area contributed by atoms with Gasteiger partial charge in [0.1, 0.15) is 11.6 Å². The first kappa shape index (κ1) is 16.0. The fraction of sp³-hybridized carbons (Fsp3) is 0.278. The van der Waals surface area contributed by atoms with Gasteiger partial charge in [0.05, 0.1) is 19.1 Å². The topological polar surface area (TPSA) is 71.5 Å². The zero-order chi connectivity index (χ0) is 17.1. The van der Waals surface area contributed by atoms with Crippen LogP contribution in [0.1, 0.15) is 18.0 Å². The number of carbonyl (C=O) groups is 2. The van der Waals surface area contributed by atoms with Crippen molar-refractivity contribution in [3.63, 3.8) is 0 Å². The average molecular weight is 325 g/mol. The number of amides is 2. The highest BCUT2D eigenvalue weighted by molar-refractivity contribution is 5.97. The second kappa shape index (κ2) is 6.70. The van der Waals surface area contributed by atoms with E-state index in [-0.39, 0.29) is 24.3 Å². The number of rotatable bonds is 4. The number of anilines is 1. The fourth-order valence-corrected chi connectivity index (χ4v) is 3.04. The van der Waals surface area contributed by atoms with Gasteiger partial charge in [-0.2, -0.15) is 0 Å². The van der Waals surface area contributed by atoms with Gasteiger partial charge in [0.15, 0.2) is 0 Å². The maximum Gasteiger partial charge on any atom is 0.231 e. The molecule has 6 nitrogen and oxygen atoms in total. The molecule has 1 aromatic carbocycles. The first-order chi connectivity index (χ1) is 11.6. The molecule has 0 saturated carbocycles. The Balaban J connectivity index is 1.87. The zero-order valence-electron chi connectivity index (χ0n) is 13.6. The van der Waals surface area contributed by atoms with Crippen LogP contribution >= 0.6 is 0 Å². The molecule has 2 heterocycles. The van der Waals surface area contributed by atoms with Crippen molar-refractivity contribution in [1.82, 2.24) is 9.88 Å². The third-order valence-corrected chi connectivity index (χ3v) is 4.27. The number of nitrogens with zero attached hydrogens (tertiary/aromatic N) is 2. The van der Waals surface area contributed by atoms with Gasteiger partial charge >= 0.3 is 0 Å². The molecule has 1 aliphatic heterocycles. The van der Waals surface area contributed by atoms with Gasteiger partial charge in [-0.3, -0.25) is 9.59 Å². The number of likely N-dealkylation sites (tertiary alicyclic amines) is 1. The molecule has 124 valence electrons. The van der Waals surface area contributed by atoms with E-state index in [1.165, 1.54) is 0 Å². The Kier molecular flexibility index (Phi) is 4.46. The van der Waals surface area contributed by atoms with E-state index in [0.717, 1.165) is 5.56 Å². The van der Waals surface area contributed by atoms with E-state index in [1.54, 1.807) is 43.5 Å². The van der Waals surface area contributed by atoms with Crippen LogP contribution in [-0.4, -0.2) is 35.9 Å². The maximum atomic E-state index is 12.7. The third-order valence-electron chi connectivity index (χ3n) is 4.27. The molecular formula is C18H19N3O3. The summed E-state index contributed by atoms with van der Waals surface area (Å²) in [7, 11) is 3.31. The summed E-state index contributed by atoms with van der Waals surface area (Å²) in [5, 5.41) is 2.79. The SMILES string of the molecule is COc1cccc([C@@H]2[C@H](C(=O)Nc3ccccn3)CC(=O)N2C)c1. The predicted molar refractivity (Wildman–Crippen MR) is 89.5 cm³/mol. The van der Waals surface area contributed by atoms with Crippen molar-refractivity contribution in [3.8, 4) is 5.75 Å². The second-order valence-electron chi connectivity index (χ2n) is 5.74. The summed E-state index contributed by atoms with van der Waals surface area (Å²) in [6.07, 6.45) is 1.79. The highest BCUT2D eigenvalue weighted by atomic mass is 16.5. The molecule has 0 bridgehead atoms. The summed E-state index contributed by atoms with van der Waals surface area (Å²) < 4.78 is 5.25. The molecule has 1 N–H and O–H groups in total. The quantitative estimate of drug-likeness (QED) is 0.936. The Morgan fingerprint density at radius 1 is 1.29 bits per heavy atom. The van der Waals surface area contributed by atoms with E-state index in [0.29, 0.717) is 11.6 Å². The smallest absolute Gasteiger partial charge is 0.231 e.